The third-order valence-electron chi connectivity index (χ3n) is 1.31. The van der Waals surface area contributed by atoms with Gasteiger partial charge < -0.3 is 5.11 Å². The van der Waals surface area contributed by atoms with E-state index in [-0.39, 0.29) is 6.61 Å². The molecule has 0 aliphatic rings. The van der Waals surface area contributed by atoms with Crippen molar-refractivity contribution in [1.82, 2.24) is 0 Å². The Bertz CT molecular complexity index is 292. The summed E-state index contributed by atoms with van der Waals surface area (Å²) in [5, 5.41) is 9.18. The summed E-state index contributed by atoms with van der Waals surface area (Å²) in [5.41, 5.74) is 0.924. The van der Waals surface area contributed by atoms with Crippen LogP contribution in [-0.4, -0.2) is 11.7 Å². The lowest BCUT2D eigenvalue weighted by Gasteiger charge is -1.89. The Morgan fingerprint density at radius 3 is 2.50 bits per heavy atom. The highest BCUT2D eigenvalue weighted by molar-refractivity contribution is 6.30. The van der Waals surface area contributed by atoms with Gasteiger partial charge in [-0.2, -0.15) is 0 Å². The third-order valence-corrected chi connectivity index (χ3v) is 1.57. The second kappa shape index (κ2) is 4.82. The summed E-state index contributed by atoms with van der Waals surface area (Å²) in [4.78, 5) is 0. The predicted octanol–water partition coefficient (Wildman–Crippen LogP) is 2.07. The van der Waals surface area contributed by atoms with Crippen LogP contribution in [0.2, 0.25) is 5.02 Å². The van der Waals surface area contributed by atoms with Crippen LogP contribution in [0.25, 0.3) is 0 Å². The molecule has 12 heavy (non-hydrogen) atoms. The van der Waals surface area contributed by atoms with Gasteiger partial charge in [0.2, 0.25) is 0 Å². The molecule has 0 fully saturated rings. The molecule has 0 saturated heterocycles. The molecule has 0 aromatic heterocycles. The summed E-state index contributed by atoms with van der Waals surface area (Å²) >= 11 is 5.68. The molecule has 1 N–H and O–H groups in total. The van der Waals surface area contributed by atoms with Gasteiger partial charge in [-0.15, -0.1) is 0 Å². The van der Waals surface area contributed by atoms with Gasteiger partial charge in [0.1, 0.15) is 0 Å². The monoisotopic (exact) mass is 180 g/mol. The van der Waals surface area contributed by atoms with Gasteiger partial charge >= 0.3 is 0 Å². The minimum absolute atomic E-state index is 0.112. The minimum Gasteiger partial charge on any atom is -0.395 e. The first-order chi connectivity index (χ1) is 5.83. The van der Waals surface area contributed by atoms with E-state index in [0.29, 0.717) is 11.4 Å². The van der Waals surface area contributed by atoms with Gasteiger partial charge in [0.25, 0.3) is 0 Å². The number of aliphatic hydroxyl groups excluding tert-OH is 1. The van der Waals surface area contributed by atoms with E-state index in [0.717, 1.165) is 5.56 Å². The van der Waals surface area contributed by atoms with E-state index in [9.17, 15) is 0 Å². The zero-order valence-corrected chi connectivity index (χ0v) is 7.30. The molecule has 0 spiro atoms. The molecular formula is C10H9ClO. The third kappa shape index (κ3) is 2.96. The molecule has 0 aliphatic heterocycles. The van der Waals surface area contributed by atoms with Crippen LogP contribution >= 0.6 is 11.6 Å². The minimum atomic E-state index is 0.112. The summed E-state index contributed by atoms with van der Waals surface area (Å²) in [7, 11) is 0. The fourth-order valence-electron chi connectivity index (χ4n) is 0.754. The van der Waals surface area contributed by atoms with Gasteiger partial charge in [0, 0.05) is 17.0 Å². The van der Waals surface area contributed by atoms with Crippen molar-refractivity contribution >= 4 is 11.6 Å². The molecule has 1 aromatic carbocycles. The van der Waals surface area contributed by atoms with Crippen molar-refractivity contribution in [2.24, 2.45) is 0 Å². The largest absolute Gasteiger partial charge is 0.395 e. The predicted molar refractivity (Wildman–Crippen MR) is 50.0 cm³/mol. The van der Waals surface area contributed by atoms with Crippen LogP contribution in [0.4, 0.5) is 0 Å². The van der Waals surface area contributed by atoms with Gasteiger partial charge in [-0.05, 0) is 24.3 Å². The van der Waals surface area contributed by atoms with Gasteiger partial charge in [-0.25, -0.2) is 0 Å². The molecule has 0 saturated carbocycles. The van der Waals surface area contributed by atoms with Crippen LogP contribution < -0.4 is 0 Å². The van der Waals surface area contributed by atoms with Crippen molar-refractivity contribution in [3.05, 3.63) is 34.9 Å². The van der Waals surface area contributed by atoms with Gasteiger partial charge in [0.05, 0.1) is 6.61 Å². The maximum absolute atomic E-state index is 8.46. The molecule has 1 nitrogen and oxygen atoms in total. The maximum Gasteiger partial charge on any atom is 0.0540 e. The average Bonchev–Trinajstić information content (AvgIpc) is 2.09. The number of hydrogen-bond acceptors (Lipinski definition) is 1. The molecule has 0 aliphatic carbocycles. The number of halogens is 1. The lowest BCUT2D eigenvalue weighted by atomic mass is 10.2. The maximum atomic E-state index is 8.46. The fourth-order valence-corrected chi connectivity index (χ4v) is 0.880. The quantitative estimate of drug-likeness (QED) is 0.657. The normalized spacial score (nSPS) is 8.83. The highest BCUT2D eigenvalue weighted by Crippen LogP contribution is 2.08. The number of aliphatic hydroxyl groups is 1. The van der Waals surface area contributed by atoms with Crippen LogP contribution in [0.15, 0.2) is 24.3 Å². The Hall–Kier alpha value is -0.970. The van der Waals surface area contributed by atoms with Crippen molar-refractivity contribution in [3.63, 3.8) is 0 Å². The molecule has 0 radical (unpaired) electrons. The second-order valence-electron chi connectivity index (χ2n) is 2.28. The Kier molecular flexibility index (Phi) is 3.66. The number of rotatable bonds is 1. The number of hydrogen-bond donors (Lipinski definition) is 1. The Balaban J connectivity index is 2.66. The van der Waals surface area contributed by atoms with Crippen LogP contribution in [0, 0.1) is 11.8 Å². The molecule has 0 heterocycles. The van der Waals surface area contributed by atoms with E-state index in [1.807, 2.05) is 12.1 Å². The van der Waals surface area contributed by atoms with E-state index in [1.54, 1.807) is 12.1 Å². The average molecular weight is 181 g/mol. The van der Waals surface area contributed by atoms with Gasteiger partial charge in [0.15, 0.2) is 0 Å². The lowest BCUT2D eigenvalue weighted by Crippen LogP contribution is -1.77. The van der Waals surface area contributed by atoms with Crippen LogP contribution in [0.3, 0.4) is 0 Å². The zero-order valence-electron chi connectivity index (χ0n) is 6.55. The highest BCUT2D eigenvalue weighted by atomic mass is 35.5. The van der Waals surface area contributed by atoms with E-state index < -0.39 is 0 Å². The molecule has 2 heteroatoms. The summed E-state index contributed by atoms with van der Waals surface area (Å²) < 4.78 is 0. The summed E-state index contributed by atoms with van der Waals surface area (Å²) in [6.07, 6.45) is 0.516. The molecule has 0 amide bonds. The lowest BCUT2D eigenvalue weighted by molar-refractivity contribution is 0.305. The summed E-state index contributed by atoms with van der Waals surface area (Å²) in [6, 6.07) is 7.30. The van der Waals surface area contributed by atoms with Crippen LogP contribution in [0.1, 0.15) is 12.0 Å². The van der Waals surface area contributed by atoms with Crippen molar-refractivity contribution in [3.8, 4) is 11.8 Å². The van der Waals surface area contributed by atoms with E-state index in [1.165, 1.54) is 0 Å². The molecule has 0 unspecified atom stereocenters. The number of benzene rings is 1. The van der Waals surface area contributed by atoms with Crippen molar-refractivity contribution in [2.75, 3.05) is 6.61 Å². The van der Waals surface area contributed by atoms with E-state index >= 15 is 0 Å². The van der Waals surface area contributed by atoms with Crippen molar-refractivity contribution in [1.29, 1.82) is 0 Å². The second-order valence-corrected chi connectivity index (χ2v) is 2.72. The Morgan fingerprint density at radius 1 is 1.25 bits per heavy atom. The summed E-state index contributed by atoms with van der Waals surface area (Å²) in [6.45, 7) is 0.112. The highest BCUT2D eigenvalue weighted by Gasteiger charge is 1.86. The van der Waals surface area contributed by atoms with E-state index in [4.69, 9.17) is 16.7 Å². The Labute approximate surface area is 77.0 Å². The molecule has 62 valence electrons. The molecule has 1 aromatic rings. The SMILES string of the molecule is OCCC#Cc1ccc(Cl)cc1. The van der Waals surface area contributed by atoms with Crippen molar-refractivity contribution in [2.45, 2.75) is 6.42 Å². The molecule has 1 rings (SSSR count). The smallest absolute Gasteiger partial charge is 0.0540 e. The fraction of sp³-hybridized carbons (Fsp3) is 0.200. The van der Waals surface area contributed by atoms with E-state index in [2.05, 4.69) is 11.8 Å². The molecular weight excluding hydrogens is 172 g/mol. The topological polar surface area (TPSA) is 20.2 Å². The standard InChI is InChI=1S/C10H9ClO/c11-10-6-4-9(5-7-10)3-1-2-8-12/h4-7,12H,2,8H2. The van der Waals surface area contributed by atoms with Crippen molar-refractivity contribution < 1.29 is 5.11 Å². The van der Waals surface area contributed by atoms with Crippen LogP contribution in [0.5, 0.6) is 0 Å². The van der Waals surface area contributed by atoms with Gasteiger partial charge in [-0.1, -0.05) is 23.4 Å². The first-order valence-corrected chi connectivity index (χ1v) is 4.06. The summed E-state index contributed by atoms with van der Waals surface area (Å²) in [5.74, 6) is 5.73. The first kappa shape index (κ1) is 9.12. The molecule has 0 bridgehead atoms. The van der Waals surface area contributed by atoms with Gasteiger partial charge in [-0.3, -0.25) is 0 Å². The Morgan fingerprint density at radius 2 is 1.92 bits per heavy atom. The van der Waals surface area contributed by atoms with Crippen LogP contribution in [-0.2, 0) is 0 Å². The molecule has 0 atom stereocenters. The zero-order chi connectivity index (χ0) is 8.81. The first-order valence-electron chi connectivity index (χ1n) is 3.68.